The van der Waals surface area contributed by atoms with Gasteiger partial charge in [0.25, 0.3) is 0 Å². The number of hydrogen-bond acceptors (Lipinski definition) is 3. The zero-order valence-electron chi connectivity index (χ0n) is 11.8. The van der Waals surface area contributed by atoms with E-state index >= 15 is 0 Å². The van der Waals surface area contributed by atoms with E-state index in [2.05, 4.69) is 14.5 Å². The molecule has 2 N–H and O–H groups in total. The Bertz CT molecular complexity index is 538. The molecule has 0 amide bonds. The summed E-state index contributed by atoms with van der Waals surface area (Å²) in [7, 11) is 0. The van der Waals surface area contributed by atoms with Crippen LogP contribution in [-0.4, -0.2) is 29.2 Å². The molecule has 1 heterocycles. The first-order chi connectivity index (χ1) is 9.70. The Morgan fingerprint density at radius 3 is 2.85 bits per heavy atom. The number of anilines is 1. The standard InChI is InChI=1S/C15H21FN4/c1-13-18-7-9-19(13)10-11-20(8-3-6-17)15-5-2-4-14(16)12-15/h2,4-5,7,9,12H,3,6,8,10-11,17H2,1H3. The summed E-state index contributed by atoms with van der Waals surface area (Å²) >= 11 is 0. The molecule has 0 aliphatic rings. The predicted octanol–water partition coefficient (Wildman–Crippen LogP) is 2.19. The highest BCUT2D eigenvalue weighted by Gasteiger charge is 2.08. The van der Waals surface area contributed by atoms with E-state index in [-0.39, 0.29) is 5.82 Å². The topological polar surface area (TPSA) is 47.1 Å². The molecule has 0 radical (unpaired) electrons. The van der Waals surface area contributed by atoms with Gasteiger partial charge in [-0.1, -0.05) is 6.07 Å². The first-order valence-electron chi connectivity index (χ1n) is 6.89. The van der Waals surface area contributed by atoms with E-state index in [1.165, 1.54) is 6.07 Å². The highest BCUT2D eigenvalue weighted by Crippen LogP contribution is 2.16. The molecule has 0 saturated heterocycles. The van der Waals surface area contributed by atoms with Gasteiger partial charge in [-0.05, 0) is 38.1 Å². The number of rotatable bonds is 7. The highest BCUT2D eigenvalue weighted by molar-refractivity contribution is 5.46. The van der Waals surface area contributed by atoms with E-state index < -0.39 is 0 Å². The molecule has 0 saturated carbocycles. The number of hydrogen-bond donors (Lipinski definition) is 1. The van der Waals surface area contributed by atoms with Gasteiger partial charge < -0.3 is 15.2 Å². The molecule has 2 aromatic rings. The van der Waals surface area contributed by atoms with Crippen LogP contribution < -0.4 is 10.6 Å². The van der Waals surface area contributed by atoms with Crippen molar-refractivity contribution in [3.05, 3.63) is 48.3 Å². The van der Waals surface area contributed by atoms with Gasteiger partial charge in [-0.15, -0.1) is 0 Å². The zero-order chi connectivity index (χ0) is 14.4. The second-order valence-corrected chi connectivity index (χ2v) is 4.78. The first-order valence-corrected chi connectivity index (χ1v) is 6.89. The van der Waals surface area contributed by atoms with Gasteiger partial charge in [0, 0.05) is 37.7 Å². The zero-order valence-corrected chi connectivity index (χ0v) is 11.8. The average molecular weight is 276 g/mol. The molecule has 5 heteroatoms. The Hall–Kier alpha value is -1.88. The van der Waals surface area contributed by atoms with Gasteiger partial charge in [-0.25, -0.2) is 9.37 Å². The van der Waals surface area contributed by atoms with Crippen molar-refractivity contribution in [1.82, 2.24) is 9.55 Å². The van der Waals surface area contributed by atoms with Crippen molar-refractivity contribution in [2.24, 2.45) is 5.73 Å². The SMILES string of the molecule is Cc1nccn1CCN(CCCN)c1cccc(F)c1. The van der Waals surface area contributed by atoms with Crippen LogP contribution in [0.2, 0.25) is 0 Å². The van der Waals surface area contributed by atoms with Crippen LogP contribution in [0, 0.1) is 12.7 Å². The maximum absolute atomic E-state index is 13.4. The lowest BCUT2D eigenvalue weighted by molar-refractivity contribution is 0.615. The number of aryl methyl sites for hydroxylation is 1. The molecule has 1 aromatic carbocycles. The van der Waals surface area contributed by atoms with Crippen LogP contribution in [0.4, 0.5) is 10.1 Å². The third kappa shape index (κ3) is 3.81. The minimum Gasteiger partial charge on any atom is -0.370 e. The molecule has 0 bridgehead atoms. The lowest BCUT2D eigenvalue weighted by atomic mass is 10.2. The fourth-order valence-corrected chi connectivity index (χ4v) is 2.19. The molecule has 108 valence electrons. The summed E-state index contributed by atoms with van der Waals surface area (Å²) in [5.41, 5.74) is 6.48. The van der Waals surface area contributed by atoms with Crippen molar-refractivity contribution in [1.29, 1.82) is 0 Å². The Kier molecular flexibility index (Phi) is 5.12. The molecule has 0 fully saturated rings. The van der Waals surface area contributed by atoms with Gasteiger partial charge in [-0.2, -0.15) is 0 Å². The molecular formula is C15H21FN4. The van der Waals surface area contributed by atoms with Crippen molar-refractivity contribution >= 4 is 5.69 Å². The maximum atomic E-state index is 13.4. The normalized spacial score (nSPS) is 10.8. The fraction of sp³-hybridized carbons (Fsp3) is 0.400. The first kappa shape index (κ1) is 14.5. The molecule has 4 nitrogen and oxygen atoms in total. The molecule has 0 atom stereocenters. The summed E-state index contributed by atoms with van der Waals surface area (Å²) in [6.07, 6.45) is 4.64. The maximum Gasteiger partial charge on any atom is 0.125 e. The van der Waals surface area contributed by atoms with Crippen molar-refractivity contribution in [2.75, 3.05) is 24.5 Å². The van der Waals surface area contributed by atoms with Crippen LogP contribution in [0.1, 0.15) is 12.2 Å². The minimum atomic E-state index is -0.209. The minimum absolute atomic E-state index is 0.209. The Labute approximate surface area is 119 Å². The molecule has 0 aliphatic carbocycles. The van der Waals surface area contributed by atoms with Gasteiger partial charge in [0.15, 0.2) is 0 Å². The van der Waals surface area contributed by atoms with Crippen molar-refractivity contribution in [3.63, 3.8) is 0 Å². The third-order valence-electron chi connectivity index (χ3n) is 3.34. The van der Waals surface area contributed by atoms with Gasteiger partial charge in [-0.3, -0.25) is 0 Å². The van der Waals surface area contributed by atoms with Gasteiger partial charge in [0.05, 0.1) is 0 Å². The Morgan fingerprint density at radius 1 is 1.35 bits per heavy atom. The van der Waals surface area contributed by atoms with Crippen LogP contribution in [-0.2, 0) is 6.54 Å². The summed E-state index contributed by atoms with van der Waals surface area (Å²) in [6, 6.07) is 6.70. The van der Waals surface area contributed by atoms with E-state index in [4.69, 9.17) is 5.73 Å². The highest BCUT2D eigenvalue weighted by atomic mass is 19.1. The number of imidazole rings is 1. The summed E-state index contributed by atoms with van der Waals surface area (Å²) in [4.78, 5) is 6.37. The van der Waals surface area contributed by atoms with Gasteiger partial charge in [0.2, 0.25) is 0 Å². The van der Waals surface area contributed by atoms with Crippen LogP contribution in [0.25, 0.3) is 0 Å². The van der Waals surface area contributed by atoms with Crippen molar-refractivity contribution in [3.8, 4) is 0 Å². The van der Waals surface area contributed by atoms with Crippen LogP contribution in [0.15, 0.2) is 36.7 Å². The van der Waals surface area contributed by atoms with E-state index in [0.717, 1.165) is 37.6 Å². The number of halogens is 1. The summed E-state index contributed by atoms with van der Waals surface area (Å²) < 4.78 is 15.5. The van der Waals surface area contributed by atoms with Crippen LogP contribution in [0.3, 0.4) is 0 Å². The number of benzene rings is 1. The number of nitrogens with zero attached hydrogens (tertiary/aromatic N) is 3. The molecule has 20 heavy (non-hydrogen) atoms. The summed E-state index contributed by atoms with van der Waals surface area (Å²) in [5.74, 6) is 0.780. The molecule has 0 unspecified atom stereocenters. The van der Waals surface area contributed by atoms with Crippen molar-refractivity contribution in [2.45, 2.75) is 19.9 Å². The lowest BCUT2D eigenvalue weighted by Crippen LogP contribution is -2.30. The molecule has 2 rings (SSSR count). The monoisotopic (exact) mass is 276 g/mol. The second-order valence-electron chi connectivity index (χ2n) is 4.78. The van der Waals surface area contributed by atoms with Gasteiger partial charge in [0.1, 0.15) is 11.6 Å². The number of aromatic nitrogens is 2. The lowest BCUT2D eigenvalue weighted by Gasteiger charge is -2.25. The summed E-state index contributed by atoms with van der Waals surface area (Å²) in [5, 5.41) is 0. The Balaban J connectivity index is 2.05. The third-order valence-corrected chi connectivity index (χ3v) is 3.34. The molecule has 1 aromatic heterocycles. The van der Waals surface area contributed by atoms with E-state index in [0.29, 0.717) is 6.54 Å². The van der Waals surface area contributed by atoms with Gasteiger partial charge >= 0.3 is 0 Å². The number of nitrogens with two attached hydrogens (primary N) is 1. The molecule has 0 spiro atoms. The van der Waals surface area contributed by atoms with E-state index in [9.17, 15) is 4.39 Å². The summed E-state index contributed by atoms with van der Waals surface area (Å²) in [6.45, 7) is 5.07. The smallest absolute Gasteiger partial charge is 0.125 e. The van der Waals surface area contributed by atoms with Crippen LogP contribution in [0.5, 0.6) is 0 Å². The van der Waals surface area contributed by atoms with E-state index in [1.807, 2.05) is 19.2 Å². The predicted molar refractivity (Wildman–Crippen MR) is 79.2 cm³/mol. The largest absolute Gasteiger partial charge is 0.370 e. The van der Waals surface area contributed by atoms with Crippen LogP contribution >= 0.6 is 0 Å². The quantitative estimate of drug-likeness (QED) is 0.843. The molecule has 0 aliphatic heterocycles. The fourth-order valence-electron chi connectivity index (χ4n) is 2.19. The van der Waals surface area contributed by atoms with Crippen molar-refractivity contribution < 1.29 is 4.39 Å². The molecular weight excluding hydrogens is 255 g/mol. The van der Waals surface area contributed by atoms with E-state index in [1.54, 1.807) is 18.3 Å². The average Bonchev–Trinajstić information content (AvgIpc) is 2.84. The second kappa shape index (κ2) is 7.05. The Morgan fingerprint density at radius 2 is 2.20 bits per heavy atom.